The third-order valence-corrected chi connectivity index (χ3v) is 3.64. The highest BCUT2D eigenvalue weighted by Gasteiger charge is 2.35. The second-order valence-electron chi connectivity index (χ2n) is 5.22. The van der Waals surface area contributed by atoms with E-state index in [0.29, 0.717) is 34.8 Å². The monoisotopic (exact) mass is 336 g/mol. The number of carbonyl (C=O) groups is 2. The molecule has 6 nitrogen and oxygen atoms in total. The van der Waals surface area contributed by atoms with Crippen LogP contribution in [-0.4, -0.2) is 36.8 Å². The highest BCUT2D eigenvalue weighted by atomic mass is 16.5. The smallest absolute Gasteiger partial charge is 0.282 e. The predicted molar refractivity (Wildman–Crippen MR) is 93.2 cm³/mol. The lowest BCUT2D eigenvalue weighted by Crippen LogP contribution is -2.23. The topological polar surface area (TPSA) is 68.2 Å². The maximum atomic E-state index is 12.3. The van der Waals surface area contributed by atoms with Crippen molar-refractivity contribution in [2.75, 3.05) is 13.7 Å². The Balaban J connectivity index is 1.82. The van der Waals surface area contributed by atoms with E-state index >= 15 is 0 Å². The van der Waals surface area contributed by atoms with Crippen LogP contribution in [0.15, 0.2) is 60.2 Å². The highest BCUT2D eigenvalue weighted by Crippen LogP contribution is 2.28. The molecule has 0 aliphatic carbocycles. The molecule has 0 unspecified atom stereocenters. The van der Waals surface area contributed by atoms with E-state index in [-0.39, 0.29) is 0 Å². The lowest BCUT2D eigenvalue weighted by atomic mass is 10.1. The molecule has 0 atom stereocenters. The lowest BCUT2D eigenvalue weighted by Gasteiger charge is -2.10. The summed E-state index contributed by atoms with van der Waals surface area (Å²) in [6.45, 7) is 3.96. The minimum absolute atomic E-state index is 0.357. The standard InChI is InChI=1S/C19H16N2O4/c1-3-10-25-16-9-8-13(11-17(16)24-2)12-20-21-18(22)14-6-4-5-7-15(14)19(21)23/h3-9,11-12H,1,10H2,2H3/b20-12-. The average Bonchev–Trinajstić information content (AvgIpc) is 2.89. The van der Waals surface area contributed by atoms with Gasteiger partial charge >= 0.3 is 0 Å². The molecule has 2 amide bonds. The van der Waals surface area contributed by atoms with Gasteiger partial charge in [0.05, 0.1) is 24.5 Å². The van der Waals surface area contributed by atoms with E-state index in [1.807, 2.05) is 0 Å². The molecule has 6 heteroatoms. The number of fused-ring (bicyclic) bond motifs is 1. The van der Waals surface area contributed by atoms with Crippen LogP contribution in [0.1, 0.15) is 26.3 Å². The summed E-state index contributed by atoms with van der Waals surface area (Å²) in [6.07, 6.45) is 3.07. The van der Waals surface area contributed by atoms with Crippen LogP contribution in [0.5, 0.6) is 11.5 Å². The number of methoxy groups -OCH3 is 1. The molecule has 1 aliphatic rings. The molecule has 0 saturated heterocycles. The molecule has 1 heterocycles. The first-order chi connectivity index (χ1) is 12.2. The molecule has 0 fully saturated rings. The van der Waals surface area contributed by atoms with Crippen LogP contribution in [0.2, 0.25) is 0 Å². The molecule has 2 aromatic rings. The molecule has 0 bridgehead atoms. The average molecular weight is 336 g/mol. The van der Waals surface area contributed by atoms with Gasteiger partial charge in [0.15, 0.2) is 11.5 Å². The normalized spacial score (nSPS) is 13.2. The fraction of sp³-hybridized carbons (Fsp3) is 0.105. The third-order valence-electron chi connectivity index (χ3n) is 3.64. The fourth-order valence-electron chi connectivity index (χ4n) is 2.44. The summed E-state index contributed by atoms with van der Waals surface area (Å²) in [5.41, 5.74) is 1.38. The van der Waals surface area contributed by atoms with Gasteiger partial charge in [-0.3, -0.25) is 9.59 Å². The third kappa shape index (κ3) is 3.14. The fourth-order valence-corrected chi connectivity index (χ4v) is 2.44. The lowest BCUT2D eigenvalue weighted by molar-refractivity contribution is 0.0660. The van der Waals surface area contributed by atoms with Crippen molar-refractivity contribution in [2.24, 2.45) is 5.10 Å². The quantitative estimate of drug-likeness (QED) is 0.462. The molecule has 3 rings (SSSR count). The van der Waals surface area contributed by atoms with Crippen LogP contribution in [-0.2, 0) is 0 Å². The number of amides is 2. The number of ether oxygens (including phenoxy) is 2. The minimum atomic E-state index is -0.435. The SMILES string of the molecule is C=CCOc1ccc(/C=N\N2C(=O)c3ccccc3C2=O)cc1OC. The Labute approximate surface area is 145 Å². The summed E-state index contributed by atoms with van der Waals surface area (Å²) >= 11 is 0. The Morgan fingerprint density at radius 2 is 1.76 bits per heavy atom. The number of benzene rings is 2. The molecule has 0 radical (unpaired) electrons. The van der Waals surface area contributed by atoms with Crippen molar-refractivity contribution in [3.05, 3.63) is 71.8 Å². The Kier molecular flexibility index (Phi) is 4.61. The number of imide groups is 1. The molecule has 0 N–H and O–H groups in total. The van der Waals surface area contributed by atoms with Crippen LogP contribution in [0.25, 0.3) is 0 Å². The Hall–Kier alpha value is -3.41. The maximum Gasteiger partial charge on any atom is 0.282 e. The molecule has 25 heavy (non-hydrogen) atoms. The van der Waals surface area contributed by atoms with Crippen molar-refractivity contribution in [1.29, 1.82) is 0 Å². The van der Waals surface area contributed by atoms with Crippen LogP contribution < -0.4 is 9.47 Å². The zero-order valence-corrected chi connectivity index (χ0v) is 13.6. The zero-order chi connectivity index (χ0) is 17.8. The van der Waals surface area contributed by atoms with Gasteiger partial charge in [-0.1, -0.05) is 24.8 Å². The largest absolute Gasteiger partial charge is 0.493 e. The number of carbonyl (C=O) groups excluding carboxylic acids is 2. The van der Waals surface area contributed by atoms with Gasteiger partial charge in [-0.25, -0.2) is 0 Å². The molecule has 0 saturated carbocycles. The number of hydrogen-bond acceptors (Lipinski definition) is 5. The molecule has 1 aliphatic heterocycles. The van der Waals surface area contributed by atoms with Gasteiger partial charge in [-0.05, 0) is 35.9 Å². The van der Waals surface area contributed by atoms with Gasteiger partial charge in [0, 0.05) is 0 Å². The number of hydrogen-bond donors (Lipinski definition) is 0. The van der Waals surface area contributed by atoms with Gasteiger partial charge in [-0.15, -0.1) is 0 Å². The molecule has 126 valence electrons. The van der Waals surface area contributed by atoms with Gasteiger partial charge in [-0.2, -0.15) is 10.1 Å². The second kappa shape index (κ2) is 7.00. The van der Waals surface area contributed by atoms with Gasteiger partial charge in [0.1, 0.15) is 6.61 Å². The highest BCUT2D eigenvalue weighted by molar-refractivity contribution is 6.21. The van der Waals surface area contributed by atoms with Crippen molar-refractivity contribution in [1.82, 2.24) is 5.01 Å². The van der Waals surface area contributed by atoms with E-state index in [4.69, 9.17) is 9.47 Å². The van der Waals surface area contributed by atoms with Gasteiger partial charge < -0.3 is 9.47 Å². The molecule has 2 aromatic carbocycles. The summed E-state index contributed by atoms with van der Waals surface area (Å²) in [4.78, 5) is 24.5. The summed E-state index contributed by atoms with van der Waals surface area (Å²) in [5, 5.41) is 4.89. The maximum absolute atomic E-state index is 12.3. The zero-order valence-electron chi connectivity index (χ0n) is 13.6. The van der Waals surface area contributed by atoms with Gasteiger partial charge in [0.25, 0.3) is 11.8 Å². The number of hydrazone groups is 1. The van der Waals surface area contributed by atoms with Crippen LogP contribution in [0, 0.1) is 0 Å². The van der Waals surface area contributed by atoms with E-state index in [9.17, 15) is 9.59 Å². The van der Waals surface area contributed by atoms with Crippen molar-refractivity contribution in [3.63, 3.8) is 0 Å². The predicted octanol–water partition coefficient (Wildman–Crippen LogP) is 2.89. The molecular weight excluding hydrogens is 320 g/mol. The van der Waals surface area contributed by atoms with Crippen LogP contribution >= 0.6 is 0 Å². The number of rotatable bonds is 6. The van der Waals surface area contributed by atoms with E-state index in [1.54, 1.807) is 48.5 Å². The molecular formula is C19H16N2O4. The first-order valence-electron chi connectivity index (χ1n) is 7.59. The molecule has 0 spiro atoms. The summed E-state index contributed by atoms with van der Waals surface area (Å²) in [6, 6.07) is 11.8. The van der Waals surface area contributed by atoms with Gasteiger partial charge in [0.2, 0.25) is 0 Å². The van der Waals surface area contributed by atoms with E-state index < -0.39 is 11.8 Å². The minimum Gasteiger partial charge on any atom is -0.493 e. The van der Waals surface area contributed by atoms with Crippen molar-refractivity contribution in [2.45, 2.75) is 0 Å². The Bertz CT molecular complexity index is 838. The summed E-state index contributed by atoms with van der Waals surface area (Å²) in [5.74, 6) is 0.220. The Morgan fingerprint density at radius 1 is 1.08 bits per heavy atom. The first kappa shape index (κ1) is 16.4. The van der Waals surface area contributed by atoms with Crippen LogP contribution in [0.3, 0.4) is 0 Å². The second-order valence-corrected chi connectivity index (χ2v) is 5.22. The van der Waals surface area contributed by atoms with E-state index in [0.717, 1.165) is 5.01 Å². The van der Waals surface area contributed by atoms with E-state index in [1.165, 1.54) is 13.3 Å². The van der Waals surface area contributed by atoms with Crippen LogP contribution in [0.4, 0.5) is 0 Å². The molecule has 0 aromatic heterocycles. The van der Waals surface area contributed by atoms with Crippen molar-refractivity contribution >= 4 is 18.0 Å². The van der Waals surface area contributed by atoms with Crippen molar-refractivity contribution in [3.8, 4) is 11.5 Å². The Morgan fingerprint density at radius 3 is 2.36 bits per heavy atom. The summed E-state index contributed by atoms with van der Waals surface area (Å²) < 4.78 is 10.8. The van der Waals surface area contributed by atoms with E-state index in [2.05, 4.69) is 11.7 Å². The number of nitrogens with zero attached hydrogens (tertiary/aromatic N) is 2. The summed E-state index contributed by atoms with van der Waals surface area (Å²) in [7, 11) is 1.53. The first-order valence-corrected chi connectivity index (χ1v) is 7.59. The van der Waals surface area contributed by atoms with Crippen molar-refractivity contribution < 1.29 is 19.1 Å².